The Bertz CT molecular complexity index is 1480. The number of nitrogens with one attached hydrogen (secondary N) is 2. The van der Waals surface area contributed by atoms with Gasteiger partial charge in [0.1, 0.15) is 6.04 Å². The van der Waals surface area contributed by atoms with E-state index in [1.807, 2.05) is 0 Å². The van der Waals surface area contributed by atoms with Crippen LogP contribution in [0.1, 0.15) is 12.5 Å². The van der Waals surface area contributed by atoms with Gasteiger partial charge in [0, 0.05) is 11.9 Å². The summed E-state index contributed by atoms with van der Waals surface area (Å²) in [6, 6.07) is 11.2. The van der Waals surface area contributed by atoms with E-state index in [4.69, 9.17) is 0 Å². The number of carbonyl (C=O) groups is 3. The van der Waals surface area contributed by atoms with E-state index in [2.05, 4.69) is 15.6 Å². The quantitative estimate of drug-likeness (QED) is 0.441. The summed E-state index contributed by atoms with van der Waals surface area (Å²) in [7, 11) is -5.59. The van der Waals surface area contributed by atoms with Crippen molar-refractivity contribution in [2.45, 2.75) is 29.9 Å². The summed E-state index contributed by atoms with van der Waals surface area (Å²) < 4.78 is 61.7. The van der Waals surface area contributed by atoms with Gasteiger partial charge >= 0.3 is 17.6 Å². The number of nitrogens with zero attached hydrogens (tertiary/aromatic N) is 3. The first-order valence-electron chi connectivity index (χ1n) is 11.0. The molecule has 3 aromatic rings. The Labute approximate surface area is 215 Å². The molecular formula is C24H20F3N5O5S. The van der Waals surface area contributed by atoms with Crippen LogP contribution in [0.4, 0.5) is 39.8 Å². The molecule has 0 bridgehead atoms. The molecule has 1 aliphatic rings. The van der Waals surface area contributed by atoms with Gasteiger partial charge in [-0.2, -0.15) is 13.2 Å². The third-order valence-electron chi connectivity index (χ3n) is 5.72. The SMILES string of the molecule is CC1C(=O)N(c2ccc(S(=O)(=O)C(F)(F)F)cc2)C(=O)N1Cc1ccncc1NC(=O)Nc1ccccc1. The van der Waals surface area contributed by atoms with Crippen molar-refractivity contribution in [1.29, 1.82) is 0 Å². The highest BCUT2D eigenvalue weighted by atomic mass is 32.2. The Morgan fingerprint density at radius 2 is 1.66 bits per heavy atom. The van der Waals surface area contributed by atoms with Crippen molar-refractivity contribution in [2.75, 3.05) is 15.5 Å². The smallest absolute Gasteiger partial charge is 0.308 e. The molecule has 14 heteroatoms. The standard InChI is InChI=1S/C24H20F3N5O5S/c1-15-21(33)32(18-7-9-19(10-8-18)38(36,37)24(25,26)27)23(35)31(15)14-16-11-12-28-13-20(16)30-22(34)29-17-5-3-2-4-6-17/h2-13,15H,14H2,1H3,(H2,29,30,34). The van der Waals surface area contributed by atoms with E-state index in [0.29, 0.717) is 23.4 Å². The van der Waals surface area contributed by atoms with Gasteiger partial charge in [-0.25, -0.2) is 22.9 Å². The fraction of sp³-hybridized carbons (Fsp3) is 0.167. The molecule has 1 fully saturated rings. The van der Waals surface area contributed by atoms with E-state index in [1.165, 1.54) is 24.2 Å². The highest BCUT2D eigenvalue weighted by molar-refractivity contribution is 7.92. The first kappa shape index (κ1) is 26.6. The van der Waals surface area contributed by atoms with Crippen LogP contribution in [0.2, 0.25) is 0 Å². The second kappa shape index (κ2) is 10.1. The van der Waals surface area contributed by atoms with Crippen LogP contribution in [0, 0.1) is 0 Å². The average Bonchev–Trinajstić information content (AvgIpc) is 3.08. The number of para-hydroxylation sites is 1. The first-order valence-corrected chi connectivity index (χ1v) is 12.5. The van der Waals surface area contributed by atoms with Crippen molar-refractivity contribution < 1.29 is 36.0 Å². The molecule has 1 aromatic heterocycles. The Morgan fingerprint density at radius 3 is 2.29 bits per heavy atom. The fourth-order valence-corrected chi connectivity index (χ4v) is 4.48. The number of rotatable bonds is 6. The van der Waals surface area contributed by atoms with Gasteiger partial charge in [0.2, 0.25) is 0 Å². The number of aromatic nitrogens is 1. The second-order valence-electron chi connectivity index (χ2n) is 8.18. The van der Waals surface area contributed by atoms with E-state index in [9.17, 15) is 36.0 Å². The Hall–Kier alpha value is -4.46. The minimum Gasteiger partial charge on any atom is -0.308 e. The summed E-state index contributed by atoms with van der Waals surface area (Å²) >= 11 is 0. The summed E-state index contributed by atoms with van der Waals surface area (Å²) in [5, 5.41) is 5.31. The Morgan fingerprint density at radius 1 is 1.00 bits per heavy atom. The van der Waals surface area contributed by atoms with Gasteiger partial charge in [-0.3, -0.25) is 9.78 Å². The van der Waals surface area contributed by atoms with E-state index < -0.39 is 44.3 Å². The lowest BCUT2D eigenvalue weighted by Gasteiger charge is -2.21. The molecule has 5 amide bonds. The van der Waals surface area contributed by atoms with Crippen molar-refractivity contribution in [1.82, 2.24) is 9.88 Å². The number of sulfone groups is 1. The number of hydrogen-bond donors (Lipinski definition) is 2. The Balaban J connectivity index is 1.52. The van der Waals surface area contributed by atoms with Gasteiger partial charge in [-0.15, -0.1) is 0 Å². The lowest BCUT2D eigenvalue weighted by Crippen LogP contribution is -2.34. The number of alkyl halides is 3. The zero-order valence-electron chi connectivity index (χ0n) is 19.6. The monoisotopic (exact) mass is 547 g/mol. The minimum absolute atomic E-state index is 0.0919. The van der Waals surface area contributed by atoms with Crippen LogP contribution in [-0.2, 0) is 21.2 Å². The van der Waals surface area contributed by atoms with Crippen LogP contribution in [-0.4, -0.2) is 47.8 Å². The van der Waals surface area contributed by atoms with Crippen LogP contribution in [0.25, 0.3) is 0 Å². The third-order valence-corrected chi connectivity index (χ3v) is 7.23. The van der Waals surface area contributed by atoms with Crippen LogP contribution < -0.4 is 15.5 Å². The van der Waals surface area contributed by atoms with Crippen molar-refractivity contribution >= 4 is 44.9 Å². The number of anilines is 3. The third kappa shape index (κ3) is 5.16. The summed E-state index contributed by atoms with van der Waals surface area (Å²) in [4.78, 5) is 43.4. The number of benzene rings is 2. The summed E-state index contributed by atoms with van der Waals surface area (Å²) in [6.45, 7) is 1.37. The van der Waals surface area contributed by atoms with Crippen LogP contribution >= 0.6 is 0 Å². The summed E-state index contributed by atoms with van der Waals surface area (Å²) in [5.74, 6) is -0.660. The highest BCUT2D eigenvalue weighted by Gasteiger charge is 2.47. The lowest BCUT2D eigenvalue weighted by molar-refractivity contribution is -0.119. The molecule has 2 N–H and O–H groups in total. The van der Waals surface area contributed by atoms with Crippen molar-refractivity contribution in [3.8, 4) is 0 Å². The Kier molecular flexibility index (Phi) is 7.09. The van der Waals surface area contributed by atoms with Crippen LogP contribution in [0.5, 0.6) is 0 Å². The van der Waals surface area contributed by atoms with Gasteiger partial charge < -0.3 is 15.5 Å². The molecule has 0 radical (unpaired) electrons. The molecule has 1 atom stereocenters. The number of imide groups is 1. The molecule has 0 aliphatic carbocycles. The zero-order chi connectivity index (χ0) is 27.7. The fourth-order valence-electron chi connectivity index (χ4n) is 3.72. The van der Waals surface area contributed by atoms with Crippen LogP contribution in [0.3, 0.4) is 0 Å². The number of urea groups is 2. The predicted octanol–water partition coefficient (Wildman–Crippen LogP) is 4.38. The van der Waals surface area contributed by atoms with E-state index in [0.717, 1.165) is 17.0 Å². The molecule has 0 spiro atoms. The number of carbonyl (C=O) groups excluding carboxylic acids is 3. The van der Waals surface area contributed by atoms with Crippen LogP contribution in [0.15, 0.2) is 78.0 Å². The molecule has 2 heterocycles. The number of halogens is 3. The van der Waals surface area contributed by atoms with Gasteiger partial charge in [-0.1, -0.05) is 18.2 Å². The van der Waals surface area contributed by atoms with Gasteiger partial charge in [0.05, 0.1) is 29.0 Å². The molecular weight excluding hydrogens is 527 g/mol. The summed E-state index contributed by atoms with van der Waals surface area (Å²) in [6.07, 6.45) is 2.82. The topological polar surface area (TPSA) is 129 Å². The number of pyridine rings is 1. The maximum atomic E-state index is 13.2. The predicted molar refractivity (Wildman–Crippen MR) is 131 cm³/mol. The minimum atomic E-state index is -5.59. The van der Waals surface area contributed by atoms with E-state index in [1.54, 1.807) is 36.4 Å². The molecule has 2 aromatic carbocycles. The highest BCUT2D eigenvalue weighted by Crippen LogP contribution is 2.33. The summed E-state index contributed by atoms with van der Waals surface area (Å²) in [5.41, 5.74) is -4.29. The first-order chi connectivity index (χ1) is 17.9. The maximum Gasteiger partial charge on any atom is 0.501 e. The molecule has 1 saturated heterocycles. The molecule has 10 nitrogen and oxygen atoms in total. The molecule has 1 unspecified atom stereocenters. The number of hydrogen-bond acceptors (Lipinski definition) is 6. The second-order valence-corrected chi connectivity index (χ2v) is 10.1. The lowest BCUT2D eigenvalue weighted by atomic mass is 10.2. The number of amides is 5. The average molecular weight is 548 g/mol. The molecule has 0 saturated carbocycles. The molecule has 4 rings (SSSR count). The zero-order valence-corrected chi connectivity index (χ0v) is 20.5. The van der Waals surface area contributed by atoms with Crippen molar-refractivity contribution in [2.24, 2.45) is 0 Å². The molecule has 1 aliphatic heterocycles. The largest absolute Gasteiger partial charge is 0.501 e. The maximum absolute atomic E-state index is 13.2. The molecule has 38 heavy (non-hydrogen) atoms. The molecule has 198 valence electrons. The van der Waals surface area contributed by atoms with Gasteiger partial charge in [0.15, 0.2) is 0 Å². The van der Waals surface area contributed by atoms with E-state index in [-0.39, 0.29) is 17.9 Å². The van der Waals surface area contributed by atoms with Gasteiger partial charge in [0.25, 0.3) is 15.7 Å². The van der Waals surface area contributed by atoms with E-state index >= 15 is 0 Å². The van der Waals surface area contributed by atoms with Crippen molar-refractivity contribution in [3.63, 3.8) is 0 Å². The van der Waals surface area contributed by atoms with Gasteiger partial charge in [-0.05, 0) is 55.0 Å². The van der Waals surface area contributed by atoms with Crippen molar-refractivity contribution in [3.05, 3.63) is 78.6 Å². The normalized spacial score (nSPS) is 16.1.